The van der Waals surface area contributed by atoms with Crippen LogP contribution < -0.4 is 10.6 Å². The van der Waals surface area contributed by atoms with E-state index in [0.29, 0.717) is 0 Å². The second-order valence-corrected chi connectivity index (χ2v) is 6.16. The van der Waals surface area contributed by atoms with Crippen LogP contribution in [0.3, 0.4) is 0 Å². The quantitative estimate of drug-likeness (QED) is 0.805. The summed E-state index contributed by atoms with van der Waals surface area (Å²) in [5.74, 6) is 0.148. The van der Waals surface area contributed by atoms with Crippen molar-refractivity contribution >= 4 is 5.91 Å². The lowest BCUT2D eigenvalue weighted by Gasteiger charge is -2.36. The second kappa shape index (κ2) is 4.34. The van der Waals surface area contributed by atoms with Gasteiger partial charge in [-0.2, -0.15) is 0 Å². The zero-order valence-corrected chi connectivity index (χ0v) is 11.8. The Morgan fingerprint density at radius 1 is 1.21 bits per heavy atom. The maximum absolute atomic E-state index is 12.4. The number of hydrogen-bond donors (Lipinski definition) is 2. The number of benzene rings is 1. The monoisotopic (exact) mass is 258 g/mol. The molecule has 0 radical (unpaired) electrons. The molecule has 3 heteroatoms. The van der Waals surface area contributed by atoms with Crippen LogP contribution in [-0.2, 0) is 15.6 Å². The van der Waals surface area contributed by atoms with Crippen molar-refractivity contribution in [3.63, 3.8) is 0 Å². The van der Waals surface area contributed by atoms with Crippen molar-refractivity contribution < 1.29 is 4.79 Å². The van der Waals surface area contributed by atoms with Gasteiger partial charge in [-0.25, -0.2) is 0 Å². The Bertz CT molecular complexity index is 505. The van der Waals surface area contributed by atoms with Gasteiger partial charge in [0.25, 0.3) is 0 Å². The topological polar surface area (TPSA) is 41.1 Å². The van der Waals surface area contributed by atoms with E-state index in [1.807, 2.05) is 0 Å². The van der Waals surface area contributed by atoms with Gasteiger partial charge in [0.05, 0.1) is 5.41 Å². The van der Waals surface area contributed by atoms with E-state index in [9.17, 15) is 4.79 Å². The van der Waals surface area contributed by atoms with Crippen LogP contribution in [0.4, 0.5) is 0 Å². The number of nitrogens with one attached hydrogen (secondary N) is 2. The maximum atomic E-state index is 12.4. The Morgan fingerprint density at radius 3 is 2.47 bits per heavy atom. The Balaban J connectivity index is 2.12. The number of rotatable bonds is 1. The van der Waals surface area contributed by atoms with Crippen molar-refractivity contribution in [3.8, 4) is 0 Å². The van der Waals surface area contributed by atoms with Crippen molar-refractivity contribution in [1.29, 1.82) is 0 Å². The van der Waals surface area contributed by atoms with Gasteiger partial charge < -0.3 is 10.6 Å². The minimum Gasteiger partial charge on any atom is -0.358 e. The average Bonchev–Trinajstić information content (AvgIpc) is 2.70. The van der Waals surface area contributed by atoms with E-state index in [1.54, 1.807) is 7.05 Å². The summed E-state index contributed by atoms with van der Waals surface area (Å²) >= 11 is 0. The smallest absolute Gasteiger partial charge is 0.230 e. The molecular formula is C16H22N2O. The highest BCUT2D eigenvalue weighted by molar-refractivity contribution is 5.89. The van der Waals surface area contributed by atoms with Gasteiger partial charge in [0, 0.05) is 7.05 Å². The molecule has 1 spiro atoms. The van der Waals surface area contributed by atoms with Crippen molar-refractivity contribution in [2.45, 2.75) is 37.0 Å². The number of amides is 1. The van der Waals surface area contributed by atoms with Crippen LogP contribution in [0.15, 0.2) is 24.3 Å². The third-order valence-electron chi connectivity index (χ3n) is 5.07. The van der Waals surface area contributed by atoms with Crippen LogP contribution in [0.5, 0.6) is 0 Å². The highest BCUT2D eigenvalue weighted by Crippen LogP contribution is 2.53. The van der Waals surface area contributed by atoms with E-state index >= 15 is 0 Å². The standard InChI is InChI=1S/C16H22N2O/c1-15(14(19)17-2)11-16(7-9-18-10-8-16)13-6-4-3-5-12(13)15/h3-6,18H,7-11H2,1-2H3,(H,17,19). The Labute approximate surface area is 114 Å². The molecule has 0 aromatic heterocycles. The Morgan fingerprint density at radius 2 is 1.84 bits per heavy atom. The number of hydrogen-bond acceptors (Lipinski definition) is 2. The largest absolute Gasteiger partial charge is 0.358 e. The van der Waals surface area contributed by atoms with Crippen LogP contribution in [-0.4, -0.2) is 26.0 Å². The van der Waals surface area contributed by atoms with E-state index in [-0.39, 0.29) is 16.7 Å². The van der Waals surface area contributed by atoms with Gasteiger partial charge in [-0.15, -0.1) is 0 Å². The Hall–Kier alpha value is -1.35. The highest BCUT2D eigenvalue weighted by Gasteiger charge is 2.52. The fourth-order valence-corrected chi connectivity index (χ4v) is 4.12. The first-order valence-electron chi connectivity index (χ1n) is 7.15. The zero-order valence-electron chi connectivity index (χ0n) is 11.8. The summed E-state index contributed by atoms with van der Waals surface area (Å²) < 4.78 is 0. The summed E-state index contributed by atoms with van der Waals surface area (Å²) in [7, 11) is 1.74. The van der Waals surface area contributed by atoms with Crippen LogP contribution >= 0.6 is 0 Å². The van der Waals surface area contributed by atoms with Crippen molar-refractivity contribution in [3.05, 3.63) is 35.4 Å². The molecule has 0 bridgehead atoms. The lowest BCUT2D eigenvalue weighted by atomic mass is 9.71. The van der Waals surface area contributed by atoms with Gasteiger partial charge in [-0.1, -0.05) is 24.3 Å². The molecule has 1 aliphatic carbocycles. The first kappa shape index (κ1) is 12.7. The summed E-state index contributed by atoms with van der Waals surface area (Å²) in [5, 5.41) is 6.29. The summed E-state index contributed by atoms with van der Waals surface area (Å²) in [4.78, 5) is 12.4. The molecule has 1 aromatic carbocycles. The summed E-state index contributed by atoms with van der Waals surface area (Å²) in [6.45, 7) is 4.21. The normalized spacial score (nSPS) is 28.1. The molecule has 1 saturated heterocycles. The predicted octanol–water partition coefficient (Wildman–Crippen LogP) is 1.72. The zero-order chi connectivity index (χ0) is 13.5. The van der Waals surface area contributed by atoms with Gasteiger partial charge in [-0.3, -0.25) is 4.79 Å². The number of likely N-dealkylation sites (N-methyl/N-ethyl adjacent to an activating group) is 1. The summed E-state index contributed by atoms with van der Waals surface area (Å²) in [6.07, 6.45) is 3.22. The summed E-state index contributed by atoms with van der Waals surface area (Å²) in [6, 6.07) is 8.54. The highest BCUT2D eigenvalue weighted by atomic mass is 16.2. The van der Waals surface area contributed by atoms with Crippen LogP contribution in [0.2, 0.25) is 0 Å². The minimum atomic E-state index is -0.372. The van der Waals surface area contributed by atoms with Gasteiger partial charge in [0.2, 0.25) is 5.91 Å². The van der Waals surface area contributed by atoms with Crippen LogP contribution in [0.1, 0.15) is 37.3 Å². The van der Waals surface area contributed by atoms with Gasteiger partial charge in [0.1, 0.15) is 0 Å². The van der Waals surface area contributed by atoms with Gasteiger partial charge in [0.15, 0.2) is 0 Å². The van der Waals surface area contributed by atoms with Crippen molar-refractivity contribution in [2.75, 3.05) is 20.1 Å². The predicted molar refractivity (Wildman–Crippen MR) is 76.3 cm³/mol. The molecule has 2 aliphatic rings. The number of carbonyl (C=O) groups excluding carboxylic acids is 1. The van der Waals surface area contributed by atoms with Crippen molar-refractivity contribution in [1.82, 2.24) is 10.6 Å². The molecule has 1 aliphatic heterocycles. The van der Waals surface area contributed by atoms with E-state index in [0.717, 1.165) is 32.4 Å². The Kier molecular flexibility index (Phi) is 2.90. The second-order valence-electron chi connectivity index (χ2n) is 6.16. The average molecular weight is 258 g/mol. The molecule has 0 saturated carbocycles. The maximum Gasteiger partial charge on any atom is 0.230 e. The minimum absolute atomic E-state index is 0.148. The SMILES string of the molecule is CNC(=O)C1(C)CC2(CCNCC2)c2ccccc21. The molecule has 1 atom stereocenters. The lowest BCUT2D eigenvalue weighted by molar-refractivity contribution is -0.126. The molecule has 1 unspecified atom stereocenters. The van der Waals surface area contributed by atoms with E-state index in [4.69, 9.17) is 0 Å². The molecule has 1 fully saturated rings. The van der Waals surface area contributed by atoms with E-state index < -0.39 is 0 Å². The van der Waals surface area contributed by atoms with Gasteiger partial charge >= 0.3 is 0 Å². The number of piperidine rings is 1. The third-order valence-corrected chi connectivity index (χ3v) is 5.07. The molecule has 3 nitrogen and oxygen atoms in total. The molecule has 2 N–H and O–H groups in total. The number of carbonyl (C=O) groups is 1. The van der Waals surface area contributed by atoms with E-state index in [2.05, 4.69) is 41.8 Å². The molecule has 19 heavy (non-hydrogen) atoms. The fraction of sp³-hybridized carbons (Fsp3) is 0.562. The molecule has 3 rings (SSSR count). The lowest BCUT2D eigenvalue weighted by Crippen LogP contribution is -2.43. The van der Waals surface area contributed by atoms with Crippen LogP contribution in [0, 0.1) is 0 Å². The van der Waals surface area contributed by atoms with Crippen LogP contribution in [0.25, 0.3) is 0 Å². The first-order valence-corrected chi connectivity index (χ1v) is 7.15. The fourth-order valence-electron chi connectivity index (χ4n) is 4.12. The molecule has 102 valence electrons. The van der Waals surface area contributed by atoms with Gasteiger partial charge in [-0.05, 0) is 55.8 Å². The number of fused-ring (bicyclic) bond motifs is 2. The third kappa shape index (κ3) is 1.71. The molecule has 1 amide bonds. The molecule has 1 aromatic rings. The van der Waals surface area contributed by atoms with Crippen molar-refractivity contribution in [2.24, 2.45) is 0 Å². The van der Waals surface area contributed by atoms with E-state index in [1.165, 1.54) is 11.1 Å². The first-order chi connectivity index (χ1) is 9.12. The molecular weight excluding hydrogens is 236 g/mol. The molecule has 1 heterocycles. The summed E-state index contributed by atoms with van der Waals surface area (Å²) in [5.41, 5.74) is 2.46.